The third-order valence-electron chi connectivity index (χ3n) is 2.70. The molecule has 0 aromatic carbocycles. The van der Waals surface area contributed by atoms with Crippen molar-refractivity contribution in [2.24, 2.45) is 5.92 Å². The van der Waals surface area contributed by atoms with E-state index >= 15 is 0 Å². The highest BCUT2D eigenvalue weighted by Crippen LogP contribution is 2.19. The minimum atomic E-state index is -1.12. The summed E-state index contributed by atoms with van der Waals surface area (Å²) in [6, 6.07) is 0. The first-order chi connectivity index (χ1) is 8.41. The number of nitrogens with one attached hydrogen (secondary N) is 1. The van der Waals surface area contributed by atoms with Crippen molar-refractivity contribution in [1.82, 2.24) is 4.72 Å². The smallest absolute Gasteiger partial charge is 0.310 e. The van der Waals surface area contributed by atoms with Gasteiger partial charge in [-0.3, -0.25) is 4.79 Å². The van der Waals surface area contributed by atoms with Crippen molar-refractivity contribution < 1.29 is 14.1 Å². The van der Waals surface area contributed by atoms with Gasteiger partial charge in [0, 0.05) is 10.9 Å². The molecule has 100 valence electrons. The molecule has 1 aliphatic carbocycles. The molecule has 1 aliphatic rings. The Hall–Kier alpha value is -1.36. The fourth-order valence-corrected chi connectivity index (χ4v) is 2.03. The van der Waals surface area contributed by atoms with Crippen LogP contribution in [0.3, 0.4) is 0 Å². The van der Waals surface area contributed by atoms with Gasteiger partial charge in [0.05, 0.1) is 5.92 Å². The van der Waals surface area contributed by atoms with Crippen LogP contribution < -0.4 is 4.72 Å². The normalized spacial score (nSPS) is 18.7. The molecule has 0 aliphatic heterocycles. The number of hydrogen-bond acceptors (Lipinski definition) is 2. The molecule has 5 heteroatoms. The number of rotatable bonds is 5. The Kier molecular flexibility index (Phi) is 5.34. The summed E-state index contributed by atoms with van der Waals surface area (Å²) in [6.07, 6.45) is 7.88. The lowest BCUT2D eigenvalue weighted by Crippen LogP contribution is -2.22. The summed E-state index contributed by atoms with van der Waals surface area (Å²) in [5, 5.41) is 8.99. The minimum absolute atomic E-state index is 0.0314. The number of carboxylic acid groups (broad SMARTS) is 1. The van der Waals surface area contributed by atoms with Crippen LogP contribution in [0.4, 0.5) is 0 Å². The summed E-state index contributed by atoms with van der Waals surface area (Å²) in [4.78, 5) is 10.9. The molecule has 2 N–H and O–H groups in total. The Morgan fingerprint density at radius 3 is 2.61 bits per heavy atom. The van der Waals surface area contributed by atoms with E-state index in [-0.39, 0.29) is 5.25 Å². The molecule has 0 heterocycles. The van der Waals surface area contributed by atoms with Gasteiger partial charge in [-0.25, -0.2) is 4.21 Å². The van der Waals surface area contributed by atoms with Crippen molar-refractivity contribution in [3.05, 3.63) is 35.6 Å². The van der Waals surface area contributed by atoms with E-state index < -0.39 is 22.9 Å². The molecule has 0 radical (unpaired) electrons. The van der Waals surface area contributed by atoms with Crippen molar-refractivity contribution in [3.63, 3.8) is 0 Å². The Balaban J connectivity index is 2.79. The quantitative estimate of drug-likeness (QED) is 0.803. The largest absolute Gasteiger partial charge is 0.481 e. The second-order valence-corrected chi connectivity index (χ2v) is 6.22. The molecule has 0 aromatic rings. The standard InChI is InChI=1S/C13H19NO3S/c1-9(2)18(17)14-12-6-4-5-11(7-8-12)10(3)13(15)16/h4,6-10,14H,5H2,1-3H3,(H,15,16). The summed E-state index contributed by atoms with van der Waals surface area (Å²) in [7, 11) is -1.12. The predicted molar refractivity (Wildman–Crippen MR) is 73.1 cm³/mol. The van der Waals surface area contributed by atoms with Gasteiger partial charge in [0.1, 0.15) is 11.0 Å². The SMILES string of the molecule is CC(C(=O)O)C1=CC=C(NS(=O)C(C)C)C=CC1. The maximum atomic E-state index is 11.7. The van der Waals surface area contributed by atoms with E-state index in [2.05, 4.69) is 4.72 Å². The van der Waals surface area contributed by atoms with E-state index in [1.54, 1.807) is 19.1 Å². The number of aliphatic carboxylic acids is 1. The first-order valence-electron chi connectivity index (χ1n) is 5.89. The van der Waals surface area contributed by atoms with Crippen molar-refractivity contribution >= 4 is 17.0 Å². The lowest BCUT2D eigenvalue weighted by molar-refractivity contribution is -0.139. The van der Waals surface area contributed by atoms with E-state index in [9.17, 15) is 9.00 Å². The lowest BCUT2D eigenvalue weighted by atomic mass is 9.98. The predicted octanol–water partition coefficient (Wildman–Crippen LogP) is 2.14. The molecule has 0 saturated heterocycles. The molecule has 4 nitrogen and oxygen atoms in total. The molecule has 2 atom stereocenters. The van der Waals surface area contributed by atoms with Crippen LogP contribution in [0.1, 0.15) is 27.2 Å². The van der Waals surface area contributed by atoms with Gasteiger partial charge < -0.3 is 9.83 Å². The monoisotopic (exact) mass is 269 g/mol. The zero-order valence-electron chi connectivity index (χ0n) is 10.8. The van der Waals surface area contributed by atoms with Crippen LogP contribution in [0.15, 0.2) is 35.6 Å². The number of carbonyl (C=O) groups is 1. The average molecular weight is 269 g/mol. The topological polar surface area (TPSA) is 66.4 Å². The van der Waals surface area contributed by atoms with Crippen LogP contribution in [0.25, 0.3) is 0 Å². The second-order valence-electron chi connectivity index (χ2n) is 4.48. The summed E-state index contributed by atoms with van der Waals surface area (Å²) in [5.74, 6) is -1.33. The first kappa shape index (κ1) is 14.7. The maximum absolute atomic E-state index is 11.7. The average Bonchev–Trinajstić information content (AvgIpc) is 2.53. The highest BCUT2D eigenvalue weighted by Gasteiger charge is 2.16. The number of allylic oxidation sites excluding steroid dienone is 4. The third-order valence-corrected chi connectivity index (χ3v) is 3.99. The van der Waals surface area contributed by atoms with Gasteiger partial charge in [-0.05, 0) is 39.3 Å². The number of hydrogen-bond donors (Lipinski definition) is 2. The Bertz CT molecular complexity index is 436. The van der Waals surface area contributed by atoms with Gasteiger partial charge in [-0.1, -0.05) is 17.7 Å². The lowest BCUT2D eigenvalue weighted by Gasteiger charge is -2.08. The Labute approximate surface area is 110 Å². The van der Waals surface area contributed by atoms with Crippen molar-refractivity contribution in [2.75, 3.05) is 0 Å². The molecule has 0 fully saturated rings. The van der Waals surface area contributed by atoms with E-state index in [0.717, 1.165) is 11.3 Å². The van der Waals surface area contributed by atoms with Gasteiger partial charge in [0.25, 0.3) is 0 Å². The van der Waals surface area contributed by atoms with Crippen LogP contribution in [-0.2, 0) is 15.8 Å². The molecular formula is C13H19NO3S. The van der Waals surface area contributed by atoms with Gasteiger partial charge >= 0.3 is 5.97 Å². The molecule has 1 rings (SSSR count). The van der Waals surface area contributed by atoms with Gasteiger partial charge in [-0.2, -0.15) is 0 Å². The first-order valence-corrected chi connectivity index (χ1v) is 7.10. The van der Waals surface area contributed by atoms with E-state index in [0.29, 0.717) is 6.42 Å². The summed E-state index contributed by atoms with van der Waals surface area (Å²) < 4.78 is 14.6. The maximum Gasteiger partial charge on any atom is 0.310 e. The summed E-state index contributed by atoms with van der Waals surface area (Å²) >= 11 is 0. The minimum Gasteiger partial charge on any atom is -0.481 e. The fraction of sp³-hybridized carbons (Fsp3) is 0.462. The summed E-state index contributed by atoms with van der Waals surface area (Å²) in [5.41, 5.74) is 1.58. The Morgan fingerprint density at radius 2 is 2.06 bits per heavy atom. The molecule has 0 bridgehead atoms. The van der Waals surface area contributed by atoms with E-state index in [1.165, 1.54) is 0 Å². The van der Waals surface area contributed by atoms with Crippen LogP contribution in [0, 0.1) is 5.92 Å². The zero-order chi connectivity index (χ0) is 13.7. The van der Waals surface area contributed by atoms with Crippen molar-refractivity contribution in [2.45, 2.75) is 32.4 Å². The molecule has 0 spiro atoms. The van der Waals surface area contributed by atoms with E-state index in [4.69, 9.17) is 5.11 Å². The highest BCUT2D eigenvalue weighted by atomic mass is 32.2. The van der Waals surface area contributed by atoms with Gasteiger partial charge in [-0.15, -0.1) is 0 Å². The molecule has 18 heavy (non-hydrogen) atoms. The van der Waals surface area contributed by atoms with Crippen molar-refractivity contribution in [3.8, 4) is 0 Å². The second kappa shape index (κ2) is 6.54. The van der Waals surface area contributed by atoms with Gasteiger partial charge in [0.15, 0.2) is 0 Å². The van der Waals surface area contributed by atoms with Crippen LogP contribution in [-0.4, -0.2) is 20.5 Å². The Morgan fingerprint density at radius 1 is 1.39 bits per heavy atom. The molecule has 2 unspecified atom stereocenters. The third kappa shape index (κ3) is 4.14. The molecular weight excluding hydrogens is 250 g/mol. The highest BCUT2D eigenvalue weighted by molar-refractivity contribution is 7.83. The summed E-state index contributed by atoms with van der Waals surface area (Å²) in [6.45, 7) is 5.41. The van der Waals surface area contributed by atoms with Crippen molar-refractivity contribution in [1.29, 1.82) is 0 Å². The zero-order valence-corrected chi connectivity index (χ0v) is 11.7. The fourth-order valence-electron chi connectivity index (χ4n) is 1.42. The molecule has 0 amide bonds. The van der Waals surface area contributed by atoms with Crippen LogP contribution in [0.5, 0.6) is 0 Å². The number of carboxylic acids is 1. The van der Waals surface area contributed by atoms with Gasteiger partial charge in [0.2, 0.25) is 0 Å². The molecule has 0 saturated carbocycles. The van der Waals surface area contributed by atoms with E-state index in [1.807, 2.05) is 26.0 Å². The van der Waals surface area contributed by atoms with Crippen LogP contribution >= 0.6 is 0 Å². The van der Waals surface area contributed by atoms with Crippen LogP contribution in [0.2, 0.25) is 0 Å². The molecule has 0 aromatic heterocycles.